The van der Waals surface area contributed by atoms with Gasteiger partial charge in [-0.3, -0.25) is 4.90 Å². The van der Waals surface area contributed by atoms with Crippen molar-refractivity contribution in [3.05, 3.63) is 64.6 Å². The summed E-state index contributed by atoms with van der Waals surface area (Å²) >= 11 is 1.60. The van der Waals surface area contributed by atoms with Gasteiger partial charge in [0.2, 0.25) is 5.89 Å². The minimum Gasteiger partial charge on any atom is -0.440 e. The van der Waals surface area contributed by atoms with E-state index in [-0.39, 0.29) is 5.82 Å². The van der Waals surface area contributed by atoms with Gasteiger partial charge in [0.1, 0.15) is 11.6 Å². The van der Waals surface area contributed by atoms with E-state index < -0.39 is 6.10 Å². The molecule has 3 rings (SSSR count). The molecule has 0 aliphatic carbocycles. The van der Waals surface area contributed by atoms with Crippen LogP contribution in [0.3, 0.4) is 0 Å². The Kier molecular flexibility index (Phi) is 6.42. The molecule has 4 nitrogen and oxygen atoms in total. The smallest absolute Gasteiger partial charge is 0.236 e. The number of hydrogen-bond donors (Lipinski definition) is 1. The van der Waals surface area contributed by atoms with Crippen molar-refractivity contribution in [1.29, 1.82) is 0 Å². The monoisotopic (exact) mass is 388 g/mol. The Morgan fingerprint density at radius 2 is 1.93 bits per heavy atom. The van der Waals surface area contributed by atoms with Crippen LogP contribution in [0.5, 0.6) is 0 Å². The molecule has 2 aromatic heterocycles. The van der Waals surface area contributed by atoms with E-state index in [1.165, 1.54) is 12.1 Å². The summed E-state index contributed by atoms with van der Waals surface area (Å²) in [7, 11) is 0. The number of rotatable bonds is 8. The van der Waals surface area contributed by atoms with E-state index in [4.69, 9.17) is 4.42 Å². The van der Waals surface area contributed by atoms with Gasteiger partial charge in [0.25, 0.3) is 0 Å². The minimum atomic E-state index is -0.687. The van der Waals surface area contributed by atoms with E-state index in [2.05, 4.69) is 23.7 Å². The lowest BCUT2D eigenvalue weighted by Gasteiger charge is -2.26. The molecule has 0 bridgehead atoms. The van der Waals surface area contributed by atoms with Crippen LogP contribution in [0.2, 0.25) is 0 Å². The number of aliphatic hydroxyl groups excluding tert-OH is 1. The van der Waals surface area contributed by atoms with Crippen LogP contribution in [-0.2, 0) is 6.54 Å². The highest BCUT2D eigenvalue weighted by Gasteiger charge is 2.19. The average molecular weight is 389 g/mol. The molecule has 0 radical (unpaired) electrons. The number of hydrogen-bond acceptors (Lipinski definition) is 5. The van der Waals surface area contributed by atoms with E-state index in [9.17, 15) is 9.50 Å². The minimum absolute atomic E-state index is 0.302. The van der Waals surface area contributed by atoms with Crippen LogP contribution in [-0.4, -0.2) is 28.1 Å². The number of aliphatic hydroxyl groups is 1. The third-order valence-electron chi connectivity index (χ3n) is 4.31. The van der Waals surface area contributed by atoms with Gasteiger partial charge in [-0.05, 0) is 42.0 Å². The van der Waals surface area contributed by atoms with Crippen molar-refractivity contribution >= 4 is 11.3 Å². The highest BCUT2D eigenvalue weighted by atomic mass is 32.1. The second kappa shape index (κ2) is 8.78. The number of halogens is 1. The molecule has 0 amide bonds. The molecule has 0 spiro atoms. The molecule has 0 saturated carbocycles. The number of aryl methyl sites for hydroxylation is 1. The second-order valence-corrected chi connectivity index (χ2v) is 8.10. The highest BCUT2D eigenvalue weighted by Crippen LogP contribution is 2.27. The predicted octanol–water partition coefficient (Wildman–Crippen LogP) is 5.04. The lowest BCUT2D eigenvalue weighted by Crippen LogP contribution is -2.32. The zero-order valence-corrected chi connectivity index (χ0v) is 16.7. The Morgan fingerprint density at radius 1 is 1.19 bits per heavy atom. The van der Waals surface area contributed by atoms with Crippen LogP contribution >= 0.6 is 11.3 Å². The van der Waals surface area contributed by atoms with Gasteiger partial charge >= 0.3 is 0 Å². The SMILES string of the molecule is Cc1oc(-c2cccs2)nc1CN(CC(C)C)CC(O)c1ccc(F)cc1. The maximum absolute atomic E-state index is 13.1. The summed E-state index contributed by atoms with van der Waals surface area (Å²) in [5.74, 6) is 1.57. The van der Waals surface area contributed by atoms with E-state index in [1.54, 1.807) is 23.5 Å². The van der Waals surface area contributed by atoms with Crippen LogP contribution in [0.4, 0.5) is 4.39 Å². The van der Waals surface area contributed by atoms with Gasteiger partial charge in [-0.15, -0.1) is 11.3 Å². The lowest BCUT2D eigenvalue weighted by atomic mass is 10.1. The van der Waals surface area contributed by atoms with Crippen LogP contribution in [0, 0.1) is 18.7 Å². The normalized spacial score (nSPS) is 12.9. The standard InChI is InChI=1S/C21H25FN2O2S/c1-14(2)11-24(13-19(25)16-6-8-17(22)9-7-16)12-18-15(3)26-21(23-18)20-5-4-10-27-20/h4-10,14,19,25H,11-13H2,1-3H3. The van der Waals surface area contributed by atoms with E-state index in [0.29, 0.717) is 30.5 Å². The summed E-state index contributed by atoms with van der Waals surface area (Å²) in [6.45, 7) is 8.07. The van der Waals surface area contributed by atoms with Crippen LogP contribution in [0.15, 0.2) is 46.2 Å². The molecule has 0 fully saturated rings. The second-order valence-electron chi connectivity index (χ2n) is 7.15. The highest BCUT2D eigenvalue weighted by molar-refractivity contribution is 7.13. The molecule has 1 atom stereocenters. The quantitative estimate of drug-likeness (QED) is 0.587. The first kappa shape index (κ1) is 19.7. The van der Waals surface area contributed by atoms with E-state index in [1.807, 2.05) is 24.4 Å². The molecular weight excluding hydrogens is 363 g/mol. The summed E-state index contributed by atoms with van der Waals surface area (Å²) < 4.78 is 19.0. The zero-order chi connectivity index (χ0) is 19.4. The molecule has 0 saturated heterocycles. The first-order valence-corrected chi connectivity index (χ1v) is 9.96. The molecule has 1 N–H and O–H groups in total. The summed E-state index contributed by atoms with van der Waals surface area (Å²) in [5, 5.41) is 12.6. The van der Waals surface area contributed by atoms with Gasteiger partial charge < -0.3 is 9.52 Å². The van der Waals surface area contributed by atoms with Gasteiger partial charge in [-0.1, -0.05) is 32.0 Å². The van der Waals surface area contributed by atoms with Gasteiger partial charge in [-0.25, -0.2) is 9.37 Å². The Balaban J connectivity index is 1.74. The summed E-state index contributed by atoms with van der Waals surface area (Å²) in [6.07, 6.45) is -0.687. The van der Waals surface area contributed by atoms with Gasteiger partial charge in [-0.2, -0.15) is 0 Å². The molecule has 3 aromatic rings. The maximum Gasteiger partial charge on any atom is 0.236 e. The first-order chi connectivity index (χ1) is 12.9. The van der Waals surface area contributed by atoms with Crippen molar-refractivity contribution in [2.75, 3.05) is 13.1 Å². The fourth-order valence-corrected chi connectivity index (χ4v) is 3.70. The Hall–Kier alpha value is -2.02. The number of thiophene rings is 1. The van der Waals surface area contributed by atoms with Crippen molar-refractivity contribution < 1.29 is 13.9 Å². The fraction of sp³-hybridized carbons (Fsp3) is 0.381. The topological polar surface area (TPSA) is 49.5 Å². The van der Waals surface area contributed by atoms with Crippen molar-refractivity contribution in [1.82, 2.24) is 9.88 Å². The zero-order valence-electron chi connectivity index (χ0n) is 15.9. The average Bonchev–Trinajstić information content (AvgIpc) is 3.25. The summed E-state index contributed by atoms with van der Waals surface area (Å²) in [4.78, 5) is 7.84. The molecule has 2 heterocycles. The molecule has 6 heteroatoms. The van der Waals surface area contributed by atoms with Crippen LogP contribution in [0.25, 0.3) is 10.8 Å². The van der Waals surface area contributed by atoms with Gasteiger partial charge in [0, 0.05) is 19.6 Å². The summed E-state index contributed by atoms with van der Waals surface area (Å²) in [5.41, 5.74) is 1.59. The first-order valence-electron chi connectivity index (χ1n) is 9.08. The van der Waals surface area contributed by atoms with Crippen molar-refractivity contribution in [2.24, 2.45) is 5.92 Å². The lowest BCUT2D eigenvalue weighted by molar-refractivity contribution is 0.101. The molecule has 144 valence electrons. The van der Waals surface area contributed by atoms with Gasteiger partial charge in [0.05, 0.1) is 16.7 Å². The molecular formula is C21H25FN2O2S. The molecule has 0 aliphatic heterocycles. The van der Waals surface area contributed by atoms with E-state index in [0.717, 1.165) is 22.9 Å². The third kappa shape index (κ3) is 5.25. The Labute approximate surface area is 163 Å². The summed E-state index contributed by atoms with van der Waals surface area (Å²) in [6, 6.07) is 9.97. The van der Waals surface area contributed by atoms with Crippen LogP contribution in [0.1, 0.15) is 37.0 Å². The maximum atomic E-state index is 13.1. The fourth-order valence-electron chi connectivity index (χ4n) is 3.05. The number of oxazole rings is 1. The van der Waals surface area contributed by atoms with Crippen molar-refractivity contribution in [3.63, 3.8) is 0 Å². The van der Waals surface area contributed by atoms with Crippen molar-refractivity contribution in [2.45, 2.75) is 33.4 Å². The van der Waals surface area contributed by atoms with Gasteiger partial charge in [0.15, 0.2) is 0 Å². The molecule has 1 unspecified atom stereocenters. The molecule has 27 heavy (non-hydrogen) atoms. The predicted molar refractivity (Wildman–Crippen MR) is 106 cm³/mol. The third-order valence-corrected chi connectivity index (χ3v) is 5.17. The van der Waals surface area contributed by atoms with E-state index >= 15 is 0 Å². The van der Waals surface area contributed by atoms with Crippen LogP contribution < -0.4 is 0 Å². The molecule has 0 aliphatic rings. The number of aromatic nitrogens is 1. The number of nitrogens with zero attached hydrogens (tertiary/aromatic N) is 2. The largest absolute Gasteiger partial charge is 0.440 e. The number of benzene rings is 1. The van der Waals surface area contributed by atoms with Crippen molar-refractivity contribution in [3.8, 4) is 10.8 Å². The Morgan fingerprint density at radius 3 is 2.56 bits per heavy atom. The molecule has 1 aromatic carbocycles. The Bertz CT molecular complexity index is 844.